The van der Waals surface area contributed by atoms with Gasteiger partial charge in [0.2, 0.25) is 0 Å². The van der Waals surface area contributed by atoms with Crippen molar-refractivity contribution in [2.75, 3.05) is 23.8 Å². The van der Waals surface area contributed by atoms with Crippen LogP contribution in [0.25, 0.3) is 0 Å². The van der Waals surface area contributed by atoms with Crippen molar-refractivity contribution in [1.29, 1.82) is 5.26 Å². The standard InChI is InChI=1S/C18H18N4O2/c19-9-13-4-1-2-6-17(13)22-18(23)14-8-15(11-20-10-14)21-12-16-5-3-7-24-16/h1-2,4,6,8,10-11,16,21H,3,5,7,12H2,(H,22,23). The van der Waals surface area contributed by atoms with E-state index in [0.29, 0.717) is 23.4 Å². The predicted molar refractivity (Wildman–Crippen MR) is 90.8 cm³/mol. The number of carbonyl (C=O) groups is 1. The van der Waals surface area contributed by atoms with Crippen LogP contribution in [0, 0.1) is 11.3 Å². The van der Waals surface area contributed by atoms with Crippen LogP contribution in [0.4, 0.5) is 11.4 Å². The maximum atomic E-state index is 12.4. The van der Waals surface area contributed by atoms with Crippen molar-refractivity contribution in [3.05, 3.63) is 53.9 Å². The molecular weight excluding hydrogens is 304 g/mol. The summed E-state index contributed by atoms with van der Waals surface area (Å²) in [5.41, 5.74) is 2.11. The Morgan fingerprint density at radius 1 is 1.38 bits per heavy atom. The number of hydrogen-bond donors (Lipinski definition) is 2. The Morgan fingerprint density at radius 2 is 2.25 bits per heavy atom. The van der Waals surface area contributed by atoms with Crippen LogP contribution in [0.2, 0.25) is 0 Å². The van der Waals surface area contributed by atoms with E-state index >= 15 is 0 Å². The van der Waals surface area contributed by atoms with Crippen LogP contribution in [-0.4, -0.2) is 30.1 Å². The van der Waals surface area contributed by atoms with Crippen LogP contribution in [-0.2, 0) is 4.74 Å². The summed E-state index contributed by atoms with van der Waals surface area (Å²) >= 11 is 0. The molecule has 1 amide bonds. The van der Waals surface area contributed by atoms with Crippen molar-refractivity contribution in [2.45, 2.75) is 18.9 Å². The van der Waals surface area contributed by atoms with Crippen molar-refractivity contribution in [3.8, 4) is 6.07 Å². The molecule has 0 bridgehead atoms. The molecule has 122 valence electrons. The first-order valence-electron chi connectivity index (χ1n) is 7.87. The Balaban J connectivity index is 1.66. The molecule has 0 radical (unpaired) electrons. The number of benzene rings is 1. The van der Waals surface area contributed by atoms with Gasteiger partial charge in [0.25, 0.3) is 5.91 Å². The van der Waals surface area contributed by atoms with Gasteiger partial charge in [0.05, 0.1) is 28.6 Å². The summed E-state index contributed by atoms with van der Waals surface area (Å²) in [4.78, 5) is 16.5. The molecule has 0 spiro atoms. The highest BCUT2D eigenvalue weighted by Gasteiger charge is 2.15. The molecule has 0 saturated carbocycles. The molecule has 6 nitrogen and oxygen atoms in total. The minimum Gasteiger partial charge on any atom is -0.381 e. The fraction of sp³-hybridized carbons (Fsp3) is 0.278. The quantitative estimate of drug-likeness (QED) is 0.884. The molecule has 1 saturated heterocycles. The zero-order valence-corrected chi connectivity index (χ0v) is 13.2. The molecule has 1 aromatic carbocycles. The maximum absolute atomic E-state index is 12.4. The number of carbonyl (C=O) groups excluding carboxylic acids is 1. The first-order chi connectivity index (χ1) is 11.8. The monoisotopic (exact) mass is 322 g/mol. The molecule has 1 aliphatic rings. The Labute approximate surface area is 140 Å². The van der Waals surface area contributed by atoms with E-state index in [-0.39, 0.29) is 12.0 Å². The lowest BCUT2D eigenvalue weighted by atomic mass is 10.1. The number of pyridine rings is 1. The van der Waals surface area contributed by atoms with Crippen molar-refractivity contribution < 1.29 is 9.53 Å². The van der Waals surface area contributed by atoms with Gasteiger partial charge in [-0.05, 0) is 31.0 Å². The van der Waals surface area contributed by atoms with E-state index in [1.54, 1.807) is 36.5 Å². The molecule has 2 heterocycles. The molecule has 2 aromatic rings. The number of ether oxygens (including phenoxy) is 1. The van der Waals surface area contributed by atoms with E-state index in [1.807, 2.05) is 0 Å². The topological polar surface area (TPSA) is 87.0 Å². The third kappa shape index (κ3) is 3.89. The Bertz CT molecular complexity index is 764. The first-order valence-corrected chi connectivity index (χ1v) is 7.87. The molecule has 1 aliphatic heterocycles. The Hall–Kier alpha value is -2.91. The van der Waals surface area contributed by atoms with Gasteiger partial charge in [-0.15, -0.1) is 0 Å². The average molecular weight is 322 g/mol. The summed E-state index contributed by atoms with van der Waals surface area (Å²) < 4.78 is 5.56. The SMILES string of the molecule is N#Cc1ccccc1NC(=O)c1cncc(NCC2CCCO2)c1. The number of nitrogens with one attached hydrogen (secondary N) is 2. The van der Waals surface area contributed by atoms with Gasteiger partial charge < -0.3 is 15.4 Å². The number of aromatic nitrogens is 1. The van der Waals surface area contributed by atoms with Crippen molar-refractivity contribution in [2.24, 2.45) is 0 Å². The highest BCUT2D eigenvalue weighted by atomic mass is 16.5. The fourth-order valence-electron chi connectivity index (χ4n) is 2.58. The largest absolute Gasteiger partial charge is 0.381 e. The van der Waals surface area contributed by atoms with Gasteiger partial charge >= 0.3 is 0 Å². The van der Waals surface area contributed by atoms with Gasteiger partial charge in [0, 0.05) is 25.5 Å². The second kappa shape index (κ2) is 7.57. The number of nitriles is 1. The van der Waals surface area contributed by atoms with E-state index in [1.165, 1.54) is 6.20 Å². The molecular formula is C18H18N4O2. The summed E-state index contributed by atoms with van der Waals surface area (Å²) in [6, 6.07) is 10.7. The van der Waals surface area contributed by atoms with Crippen LogP contribution < -0.4 is 10.6 Å². The van der Waals surface area contributed by atoms with Gasteiger partial charge in [-0.1, -0.05) is 12.1 Å². The molecule has 24 heavy (non-hydrogen) atoms. The fourth-order valence-corrected chi connectivity index (χ4v) is 2.58. The summed E-state index contributed by atoms with van der Waals surface area (Å²) in [6.07, 6.45) is 5.53. The van der Waals surface area contributed by atoms with Gasteiger partial charge in [0.1, 0.15) is 6.07 Å². The lowest BCUT2D eigenvalue weighted by Gasteiger charge is -2.12. The number of nitrogens with zero attached hydrogens (tertiary/aromatic N) is 2. The number of para-hydroxylation sites is 1. The Kier molecular flexibility index (Phi) is 5.04. The van der Waals surface area contributed by atoms with Crippen LogP contribution in [0.15, 0.2) is 42.7 Å². The van der Waals surface area contributed by atoms with E-state index in [9.17, 15) is 4.79 Å². The minimum absolute atomic E-state index is 0.213. The normalized spacial score (nSPS) is 16.4. The molecule has 1 aromatic heterocycles. The highest BCUT2D eigenvalue weighted by Crippen LogP contribution is 2.17. The zero-order valence-electron chi connectivity index (χ0n) is 13.2. The van der Waals surface area contributed by atoms with E-state index in [4.69, 9.17) is 10.00 Å². The third-order valence-corrected chi connectivity index (χ3v) is 3.85. The molecule has 2 N–H and O–H groups in total. The van der Waals surface area contributed by atoms with Crippen LogP contribution in [0.3, 0.4) is 0 Å². The maximum Gasteiger partial charge on any atom is 0.257 e. The van der Waals surface area contributed by atoms with Gasteiger partial charge in [-0.2, -0.15) is 5.26 Å². The summed E-state index contributed by atoms with van der Waals surface area (Å²) in [6.45, 7) is 1.51. The van der Waals surface area contributed by atoms with Gasteiger partial charge in [0.15, 0.2) is 0 Å². The number of amides is 1. The highest BCUT2D eigenvalue weighted by molar-refractivity contribution is 6.05. The van der Waals surface area contributed by atoms with Crippen LogP contribution in [0.1, 0.15) is 28.8 Å². The number of rotatable bonds is 5. The summed E-state index contributed by atoms with van der Waals surface area (Å²) in [5.74, 6) is -0.300. The number of hydrogen-bond acceptors (Lipinski definition) is 5. The van der Waals surface area contributed by atoms with E-state index < -0.39 is 0 Å². The Morgan fingerprint density at radius 3 is 3.04 bits per heavy atom. The van der Waals surface area contributed by atoms with Crippen molar-refractivity contribution in [3.63, 3.8) is 0 Å². The van der Waals surface area contributed by atoms with Crippen LogP contribution >= 0.6 is 0 Å². The lowest BCUT2D eigenvalue weighted by Crippen LogP contribution is -2.19. The molecule has 1 unspecified atom stereocenters. The van der Waals surface area contributed by atoms with E-state index in [0.717, 1.165) is 25.1 Å². The predicted octanol–water partition coefficient (Wildman–Crippen LogP) is 2.80. The second-order valence-corrected chi connectivity index (χ2v) is 5.59. The summed E-state index contributed by atoms with van der Waals surface area (Å²) in [7, 11) is 0. The molecule has 6 heteroatoms. The minimum atomic E-state index is -0.300. The average Bonchev–Trinajstić information content (AvgIpc) is 3.14. The van der Waals surface area contributed by atoms with E-state index in [2.05, 4.69) is 21.7 Å². The molecule has 0 aliphatic carbocycles. The van der Waals surface area contributed by atoms with Gasteiger partial charge in [-0.25, -0.2) is 0 Å². The first kappa shape index (κ1) is 16.0. The third-order valence-electron chi connectivity index (χ3n) is 3.85. The van der Waals surface area contributed by atoms with Crippen LogP contribution in [0.5, 0.6) is 0 Å². The molecule has 3 rings (SSSR count). The smallest absolute Gasteiger partial charge is 0.257 e. The van der Waals surface area contributed by atoms with Crippen molar-refractivity contribution in [1.82, 2.24) is 4.98 Å². The molecule has 1 atom stereocenters. The van der Waals surface area contributed by atoms with Gasteiger partial charge in [-0.3, -0.25) is 9.78 Å². The zero-order chi connectivity index (χ0) is 16.8. The molecule has 1 fully saturated rings. The lowest BCUT2D eigenvalue weighted by molar-refractivity contribution is 0.102. The second-order valence-electron chi connectivity index (χ2n) is 5.59. The number of anilines is 2. The summed E-state index contributed by atoms with van der Waals surface area (Å²) in [5, 5.41) is 15.1. The van der Waals surface area contributed by atoms with Crippen molar-refractivity contribution >= 4 is 17.3 Å².